The smallest absolute Gasteiger partial charge is 0.225 e. The molecule has 1 aliphatic heterocycles. The number of nitrogen functional groups attached to an aromatic ring is 1. The number of hydrogen-bond acceptors (Lipinski definition) is 9. The van der Waals surface area contributed by atoms with E-state index in [0.717, 1.165) is 28.6 Å². The third-order valence-corrected chi connectivity index (χ3v) is 6.95. The molecule has 0 spiro atoms. The van der Waals surface area contributed by atoms with Crippen LogP contribution in [0.3, 0.4) is 0 Å². The van der Waals surface area contributed by atoms with E-state index in [2.05, 4.69) is 43.5 Å². The van der Waals surface area contributed by atoms with Gasteiger partial charge in [-0.05, 0) is 42.2 Å². The van der Waals surface area contributed by atoms with Gasteiger partial charge in [0.2, 0.25) is 5.91 Å². The molecule has 3 aromatic heterocycles. The summed E-state index contributed by atoms with van der Waals surface area (Å²) in [6.45, 7) is 5.86. The fourth-order valence-electron chi connectivity index (χ4n) is 4.80. The number of aromatic nitrogens is 4. The molecule has 1 amide bonds. The Morgan fingerprint density at radius 3 is 2.88 bits per heavy atom. The van der Waals surface area contributed by atoms with Crippen LogP contribution in [0, 0.1) is 5.41 Å². The number of nitrogens with zero attached hydrogens (tertiary/aromatic N) is 4. The number of nitrogens with two attached hydrogens (primary N) is 1. The molecule has 40 heavy (non-hydrogen) atoms. The van der Waals surface area contributed by atoms with Crippen molar-refractivity contribution >= 4 is 34.3 Å². The van der Waals surface area contributed by atoms with Gasteiger partial charge in [0.05, 0.1) is 37.5 Å². The highest BCUT2D eigenvalue weighted by atomic mass is 16.5. The van der Waals surface area contributed by atoms with Gasteiger partial charge in [-0.15, -0.1) is 0 Å². The standard InChI is InChI=1S/C29H34N8O3/c1-2-39-11-12-40-10-7-24(38)37-9-6-20-13-19(3-4-22(20)17-37)15-33-29-25(27(31)35-18-36-29)26(30)23-14-21-5-8-32-28(21)34-16-23/h3-5,8,13-14,16,18,30H,2,6-7,9-12,15,17H2,1H3,(H,32,34)(H3,31,33,35,36). The number of rotatable bonds is 12. The molecule has 0 unspecified atom stereocenters. The van der Waals surface area contributed by atoms with Crippen LogP contribution in [0.4, 0.5) is 11.6 Å². The average Bonchev–Trinajstić information content (AvgIpc) is 3.45. The number of ether oxygens (including phenoxy) is 2. The van der Waals surface area contributed by atoms with Gasteiger partial charge in [-0.3, -0.25) is 10.2 Å². The lowest BCUT2D eigenvalue weighted by Gasteiger charge is -2.29. The quantitative estimate of drug-likeness (QED) is 0.157. The van der Waals surface area contributed by atoms with Gasteiger partial charge in [-0.25, -0.2) is 15.0 Å². The minimum Gasteiger partial charge on any atom is -0.383 e. The third-order valence-electron chi connectivity index (χ3n) is 6.95. The minimum atomic E-state index is 0.106. The molecular formula is C29H34N8O3. The van der Waals surface area contributed by atoms with Crippen LogP contribution in [0.1, 0.15) is 41.2 Å². The molecule has 208 valence electrons. The van der Waals surface area contributed by atoms with E-state index >= 15 is 0 Å². The summed E-state index contributed by atoms with van der Waals surface area (Å²) in [5.41, 5.74) is 11.7. The Kier molecular flexibility index (Phi) is 8.62. The Morgan fingerprint density at radius 2 is 2.00 bits per heavy atom. The summed E-state index contributed by atoms with van der Waals surface area (Å²) in [6, 6.07) is 10.1. The average molecular weight is 543 g/mol. The number of pyridine rings is 1. The second-order valence-electron chi connectivity index (χ2n) is 9.58. The fraction of sp³-hybridized carbons (Fsp3) is 0.345. The zero-order valence-electron chi connectivity index (χ0n) is 22.6. The molecular weight excluding hydrogens is 508 g/mol. The van der Waals surface area contributed by atoms with E-state index in [1.165, 1.54) is 11.9 Å². The number of carbonyl (C=O) groups is 1. The van der Waals surface area contributed by atoms with Crippen molar-refractivity contribution in [3.05, 3.63) is 76.9 Å². The Morgan fingerprint density at radius 1 is 1.12 bits per heavy atom. The van der Waals surface area contributed by atoms with Crippen LogP contribution < -0.4 is 11.1 Å². The highest BCUT2D eigenvalue weighted by Crippen LogP contribution is 2.25. The van der Waals surface area contributed by atoms with Crippen molar-refractivity contribution in [3.8, 4) is 0 Å². The minimum absolute atomic E-state index is 0.106. The topological polar surface area (TPSA) is 155 Å². The van der Waals surface area contributed by atoms with Crippen LogP contribution >= 0.6 is 0 Å². The SMILES string of the molecule is CCOCCOCCC(=O)N1CCc2cc(CNc3ncnc(N)c3C(=N)c3cnc4[nH]ccc4c3)ccc2C1. The molecule has 1 aromatic carbocycles. The Hall–Kier alpha value is -4.35. The van der Waals surface area contributed by atoms with Gasteiger partial charge in [-0.1, -0.05) is 18.2 Å². The van der Waals surface area contributed by atoms with Crippen molar-refractivity contribution in [1.29, 1.82) is 5.41 Å². The number of hydrogen-bond donors (Lipinski definition) is 4. The first-order valence-corrected chi connectivity index (χ1v) is 13.4. The summed E-state index contributed by atoms with van der Waals surface area (Å²) in [5, 5.41) is 13.1. The Bertz CT molecular complexity index is 1500. The number of aromatic amines is 1. The molecule has 0 fully saturated rings. The van der Waals surface area contributed by atoms with Crippen molar-refractivity contribution in [1.82, 2.24) is 24.8 Å². The number of nitrogens with one attached hydrogen (secondary N) is 3. The summed E-state index contributed by atoms with van der Waals surface area (Å²) >= 11 is 0. The summed E-state index contributed by atoms with van der Waals surface area (Å²) < 4.78 is 10.7. The highest BCUT2D eigenvalue weighted by Gasteiger charge is 2.21. The van der Waals surface area contributed by atoms with Crippen molar-refractivity contribution in [2.24, 2.45) is 0 Å². The first-order chi connectivity index (χ1) is 19.5. The summed E-state index contributed by atoms with van der Waals surface area (Å²) in [4.78, 5) is 30.5. The molecule has 0 atom stereocenters. The molecule has 0 saturated carbocycles. The van der Waals surface area contributed by atoms with Gasteiger partial charge in [0.15, 0.2) is 0 Å². The number of fused-ring (bicyclic) bond motifs is 2. The number of carbonyl (C=O) groups excluding carboxylic acids is 1. The summed E-state index contributed by atoms with van der Waals surface area (Å²) in [5.74, 6) is 0.825. The fourth-order valence-corrected chi connectivity index (χ4v) is 4.80. The lowest BCUT2D eigenvalue weighted by molar-refractivity contribution is -0.133. The number of amides is 1. The molecule has 5 N–H and O–H groups in total. The predicted molar refractivity (Wildman–Crippen MR) is 153 cm³/mol. The zero-order chi connectivity index (χ0) is 27.9. The number of benzene rings is 1. The van der Waals surface area contributed by atoms with Crippen LogP contribution in [0.2, 0.25) is 0 Å². The molecule has 1 aliphatic rings. The Labute approximate surface area is 232 Å². The first kappa shape index (κ1) is 27.2. The van der Waals surface area contributed by atoms with Gasteiger partial charge in [0.25, 0.3) is 0 Å². The van der Waals surface area contributed by atoms with E-state index in [1.54, 1.807) is 6.20 Å². The maximum Gasteiger partial charge on any atom is 0.225 e. The molecule has 0 saturated heterocycles. The molecule has 4 heterocycles. The van der Waals surface area contributed by atoms with E-state index < -0.39 is 0 Å². The lowest BCUT2D eigenvalue weighted by atomic mass is 9.97. The van der Waals surface area contributed by atoms with Crippen LogP contribution in [0.25, 0.3) is 11.0 Å². The van der Waals surface area contributed by atoms with Crippen LogP contribution in [-0.4, -0.2) is 69.4 Å². The molecule has 4 aromatic rings. The summed E-state index contributed by atoms with van der Waals surface area (Å²) in [6.07, 6.45) is 6.02. The lowest BCUT2D eigenvalue weighted by Crippen LogP contribution is -2.36. The van der Waals surface area contributed by atoms with Gasteiger partial charge in [-0.2, -0.15) is 0 Å². The van der Waals surface area contributed by atoms with Crippen molar-refractivity contribution in [3.63, 3.8) is 0 Å². The van der Waals surface area contributed by atoms with Crippen molar-refractivity contribution in [2.45, 2.75) is 32.9 Å². The normalized spacial score (nSPS) is 12.9. The number of anilines is 2. The van der Waals surface area contributed by atoms with E-state index in [4.69, 9.17) is 20.6 Å². The largest absolute Gasteiger partial charge is 0.383 e. The predicted octanol–water partition coefficient (Wildman–Crippen LogP) is 3.29. The van der Waals surface area contributed by atoms with Gasteiger partial charge in [0.1, 0.15) is 23.6 Å². The molecule has 11 heteroatoms. The van der Waals surface area contributed by atoms with Crippen LogP contribution in [0.5, 0.6) is 0 Å². The first-order valence-electron chi connectivity index (χ1n) is 13.4. The second kappa shape index (κ2) is 12.7. The molecule has 0 bridgehead atoms. The van der Waals surface area contributed by atoms with Crippen molar-refractivity contribution in [2.75, 3.05) is 44.0 Å². The van der Waals surface area contributed by atoms with Gasteiger partial charge in [0, 0.05) is 49.6 Å². The maximum absolute atomic E-state index is 12.7. The van der Waals surface area contributed by atoms with Gasteiger partial charge >= 0.3 is 0 Å². The van der Waals surface area contributed by atoms with Crippen LogP contribution in [0.15, 0.2) is 49.1 Å². The van der Waals surface area contributed by atoms with Crippen molar-refractivity contribution < 1.29 is 14.3 Å². The number of H-pyrrole nitrogens is 1. The maximum atomic E-state index is 12.7. The summed E-state index contributed by atoms with van der Waals surface area (Å²) in [7, 11) is 0. The second-order valence-corrected chi connectivity index (χ2v) is 9.58. The molecule has 0 aliphatic carbocycles. The zero-order valence-corrected chi connectivity index (χ0v) is 22.6. The molecule has 11 nitrogen and oxygen atoms in total. The third kappa shape index (κ3) is 6.27. The monoisotopic (exact) mass is 542 g/mol. The highest BCUT2D eigenvalue weighted by molar-refractivity contribution is 6.16. The molecule has 5 rings (SSSR count). The van der Waals surface area contributed by atoms with Crippen LogP contribution in [-0.2, 0) is 33.8 Å². The molecule has 0 radical (unpaired) electrons. The van der Waals surface area contributed by atoms with E-state index in [0.29, 0.717) is 69.4 Å². The van der Waals surface area contributed by atoms with E-state index in [-0.39, 0.29) is 17.4 Å². The van der Waals surface area contributed by atoms with Gasteiger partial charge < -0.3 is 30.4 Å². The van der Waals surface area contributed by atoms with E-state index in [9.17, 15) is 4.79 Å². The van der Waals surface area contributed by atoms with E-state index in [1.807, 2.05) is 30.2 Å². The Balaban J connectivity index is 1.20.